The summed E-state index contributed by atoms with van der Waals surface area (Å²) in [5.41, 5.74) is 2.72. The highest BCUT2D eigenvalue weighted by Crippen LogP contribution is 2.29. The number of hydrogen-bond donors (Lipinski definition) is 0. The van der Waals surface area contributed by atoms with Gasteiger partial charge in [-0.1, -0.05) is 58.4 Å². The summed E-state index contributed by atoms with van der Waals surface area (Å²) in [5.74, 6) is 0.941. The lowest BCUT2D eigenvalue weighted by atomic mass is 9.98. The van der Waals surface area contributed by atoms with Gasteiger partial charge in [-0.2, -0.15) is 0 Å². The van der Waals surface area contributed by atoms with Crippen LogP contribution in [-0.4, -0.2) is 7.11 Å². The van der Waals surface area contributed by atoms with Gasteiger partial charge in [-0.05, 0) is 47.6 Å². The van der Waals surface area contributed by atoms with Crippen molar-refractivity contribution in [2.75, 3.05) is 7.11 Å². The van der Waals surface area contributed by atoms with Gasteiger partial charge in [0.25, 0.3) is 0 Å². The lowest BCUT2D eigenvalue weighted by Gasteiger charge is -2.10. The second kappa shape index (κ2) is 6.31. The van der Waals surface area contributed by atoms with Gasteiger partial charge in [-0.3, -0.25) is 0 Å². The van der Waals surface area contributed by atoms with Crippen molar-refractivity contribution in [2.45, 2.75) is 12.8 Å². The summed E-state index contributed by atoms with van der Waals surface area (Å²) >= 11 is 3.53. The van der Waals surface area contributed by atoms with Gasteiger partial charge in [-0.25, -0.2) is 0 Å². The van der Waals surface area contributed by atoms with Crippen LogP contribution in [0.5, 0.6) is 5.75 Å². The predicted molar refractivity (Wildman–Crippen MR) is 92.1 cm³/mol. The minimum atomic E-state index is 0.941. The molecule has 0 aromatic heterocycles. The van der Waals surface area contributed by atoms with Crippen LogP contribution in [0.25, 0.3) is 10.8 Å². The molecule has 0 amide bonds. The first kappa shape index (κ1) is 14.2. The van der Waals surface area contributed by atoms with Crippen LogP contribution in [0, 0.1) is 0 Å². The molecule has 0 aliphatic rings. The van der Waals surface area contributed by atoms with Crippen molar-refractivity contribution >= 4 is 26.7 Å². The van der Waals surface area contributed by atoms with E-state index in [-0.39, 0.29) is 0 Å². The fourth-order valence-corrected chi connectivity index (χ4v) is 3.15. The van der Waals surface area contributed by atoms with E-state index < -0.39 is 0 Å². The van der Waals surface area contributed by atoms with Crippen molar-refractivity contribution in [3.63, 3.8) is 0 Å². The monoisotopic (exact) mass is 340 g/mol. The predicted octanol–water partition coefficient (Wildman–Crippen LogP) is 5.40. The zero-order valence-electron chi connectivity index (χ0n) is 12.0. The molecule has 0 heterocycles. The smallest absolute Gasteiger partial charge is 0.126 e. The number of benzene rings is 3. The molecule has 106 valence electrons. The van der Waals surface area contributed by atoms with E-state index >= 15 is 0 Å². The Hall–Kier alpha value is -1.80. The zero-order valence-corrected chi connectivity index (χ0v) is 13.6. The van der Waals surface area contributed by atoms with Gasteiger partial charge in [0.05, 0.1) is 7.11 Å². The molecule has 0 radical (unpaired) electrons. The molecule has 0 aliphatic heterocycles. The summed E-state index contributed by atoms with van der Waals surface area (Å²) in [6, 6.07) is 21.2. The molecular weight excluding hydrogens is 324 g/mol. The average Bonchev–Trinajstić information content (AvgIpc) is 2.52. The number of fused-ring (bicyclic) bond motifs is 1. The van der Waals surface area contributed by atoms with Gasteiger partial charge in [-0.15, -0.1) is 0 Å². The molecular formula is C19H17BrO. The molecule has 0 aliphatic carbocycles. The largest absolute Gasteiger partial charge is 0.496 e. The molecule has 0 bridgehead atoms. The van der Waals surface area contributed by atoms with Gasteiger partial charge in [0.15, 0.2) is 0 Å². The van der Waals surface area contributed by atoms with Crippen molar-refractivity contribution in [3.05, 3.63) is 76.3 Å². The molecule has 1 nitrogen and oxygen atoms in total. The summed E-state index contributed by atoms with van der Waals surface area (Å²) in [6.45, 7) is 0. The van der Waals surface area contributed by atoms with Gasteiger partial charge >= 0.3 is 0 Å². The van der Waals surface area contributed by atoms with Crippen LogP contribution in [0.15, 0.2) is 65.1 Å². The summed E-state index contributed by atoms with van der Waals surface area (Å²) in [5, 5.41) is 2.47. The van der Waals surface area contributed by atoms with E-state index in [1.54, 1.807) is 7.11 Å². The Balaban J connectivity index is 1.91. The van der Waals surface area contributed by atoms with E-state index in [9.17, 15) is 0 Å². The lowest BCUT2D eigenvalue weighted by molar-refractivity contribution is 0.419. The Morgan fingerprint density at radius 2 is 1.67 bits per heavy atom. The first-order valence-electron chi connectivity index (χ1n) is 7.07. The van der Waals surface area contributed by atoms with E-state index in [1.165, 1.54) is 21.9 Å². The Bertz CT molecular complexity index is 764. The van der Waals surface area contributed by atoms with Crippen LogP contribution < -0.4 is 4.74 Å². The number of ether oxygens (including phenoxy) is 1. The van der Waals surface area contributed by atoms with E-state index in [4.69, 9.17) is 4.74 Å². The highest BCUT2D eigenvalue weighted by molar-refractivity contribution is 9.10. The Kier molecular flexibility index (Phi) is 4.26. The van der Waals surface area contributed by atoms with Crippen molar-refractivity contribution < 1.29 is 4.74 Å². The molecule has 21 heavy (non-hydrogen) atoms. The molecule has 0 spiro atoms. The first-order valence-corrected chi connectivity index (χ1v) is 7.86. The zero-order chi connectivity index (χ0) is 14.7. The number of rotatable bonds is 4. The fourth-order valence-electron chi connectivity index (χ4n) is 2.70. The van der Waals surface area contributed by atoms with Crippen molar-refractivity contribution in [1.82, 2.24) is 0 Å². The third kappa shape index (κ3) is 3.11. The molecule has 0 saturated heterocycles. The highest BCUT2D eigenvalue weighted by atomic mass is 79.9. The SMILES string of the molecule is COc1ccc(CCc2cccc(Br)c2)c2ccccc12. The number of halogens is 1. The Morgan fingerprint density at radius 3 is 2.43 bits per heavy atom. The molecule has 3 rings (SSSR count). The van der Waals surface area contributed by atoms with E-state index in [1.807, 2.05) is 0 Å². The number of methoxy groups -OCH3 is 1. The Morgan fingerprint density at radius 1 is 0.857 bits per heavy atom. The maximum absolute atomic E-state index is 5.45. The van der Waals surface area contributed by atoms with Gasteiger partial charge < -0.3 is 4.74 Å². The summed E-state index contributed by atoms with van der Waals surface area (Å²) in [6.07, 6.45) is 2.07. The van der Waals surface area contributed by atoms with Crippen LogP contribution in [-0.2, 0) is 12.8 Å². The van der Waals surface area contributed by atoms with Crippen molar-refractivity contribution in [2.24, 2.45) is 0 Å². The quantitative estimate of drug-likeness (QED) is 0.618. The molecule has 0 fully saturated rings. The van der Waals surface area contributed by atoms with Crippen LogP contribution in [0.2, 0.25) is 0 Å². The molecule has 0 saturated carbocycles. The standard InChI is InChI=1S/C19H17BrO/c1-21-19-12-11-15(17-7-2-3-8-18(17)19)10-9-14-5-4-6-16(20)13-14/h2-8,11-13H,9-10H2,1H3. The second-order valence-electron chi connectivity index (χ2n) is 5.10. The van der Waals surface area contributed by atoms with E-state index in [2.05, 4.69) is 76.6 Å². The lowest BCUT2D eigenvalue weighted by Crippen LogP contribution is -1.94. The molecule has 2 heteroatoms. The topological polar surface area (TPSA) is 9.23 Å². The third-order valence-electron chi connectivity index (χ3n) is 3.77. The van der Waals surface area contributed by atoms with E-state index in [0.717, 1.165) is 23.1 Å². The van der Waals surface area contributed by atoms with Crippen LogP contribution in [0.4, 0.5) is 0 Å². The average molecular weight is 341 g/mol. The molecule has 3 aromatic carbocycles. The summed E-state index contributed by atoms with van der Waals surface area (Å²) in [7, 11) is 1.73. The first-order chi connectivity index (χ1) is 10.3. The Labute approximate surface area is 133 Å². The van der Waals surface area contributed by atoms with Gasteiger partial charge in [0, 0.05) is 9.86 Å². The van der Waals surface area contributed by atoms with Gasteiger partial charge in [0.2, 0.25) is 0 Å². The molecule has 0 unspecified atom stereocenters. The maximum Gasteiger partial charge on any atom is 0.126 e. The second-order valence-corrected chi connectivity index (χ2v) is 6.02. The fraction of sp³-hybridized carbons (Fsp3) is 0.158. The molecule has 0 atom stereocenters. The van der Waals surface area contributed by atoms with Crippen LogP contribution >= 0.6 is 15.9 Å². The normalized spacial score (nSPS) is 10.8. The van der Waals surface area contributed by atoms with Crippen LogP contribution in [0.3, 0.4) is 0 Å². The van der Waals surface area contributed by atoms with E-state index in [0.29, 0.717) is 0 Å². The third-order valence-corrected chi connectivity index (χ3v) is 4.26. The minimum Gasteiger partial charge on any atom is -0.496 e. The summed E-state index contributed by atoms with van der Waals surface area (Å²) < 4.78 is 6.59. The number of hydrogen-bond acceptors (Lipinski definition) is 1. The van der Waals surface area contributed by atoms with Gasteiger partial charge in [0.1, 0.15) is 5.75 Å². The van der Waals surface area contributed by atoms with Crippen molar-refractivity contribution in [1.29, 1.82) is 0 Å². The molecule has 3 aromatic rings. The highest BCUT2D eigenvalue weighted by Gasteiger charge is 2.06. The maximum atomic E-state index is 5.45. The van der Waals surface area contributed by atoms with Crippen molar-refractivity contribution in [3.8, 4) is 5.75 Å². The minimum absolute atomic E-state index is 0.941. The number of aryl methyl sites for hydroxylation is 2. The molecule has 0 N–H and O–H groups in total. The summed E-state index contributed by atoms with van der Waals surface area (Å²) in [4.78, 5) is 0. The van der Waals surface area contributed by atoms with Crippen LogP contribution in [0.1, 0.15) is 11.1 Å².